The number of hydrogen-bond acceptors (Lipinski definition) is 2. The lowest BCUT2D eigenvalue weighted by Crippen LogP contribution is -2.09. The van der Waals surface area contributed by atoms with Crippen LogP contribution in [0.2, 0.25) is 0 Å². The third kappa shape index (κ3) is 2.97. The Bertz CT molecular complexity index is 706. The molecule has 0 fully saturated rings. The summed E-state index contributed by atoms with van der Waals surface area (Å²) in [6, 6.07) is 4.59. The van der Waals surface area contributed by atoms with E-state index in [-0.39, 0.29) is 5.56 Å². The highest BCUT2D eigenvalue weighted by Gasteiger charge is 2.22. The molecule has 0 saturated carbocycles. The molecule has 0 N–H and O–H groups in total. The molecule has 2 aromatic rings. The topological polar surface area (TPSA) is 26.3 Å². The van der Waals surface area contributed by atoms with E-state index in [4.69, 9.17) is 4.74 Å². The summed E-state index contributed by atoms with van der Waals surface area (Å²) in [6.07, 6.45) is 0. The van der Waals surface area contributed by atoms with Crippen LogP contribution in [0.5, 0.6) is 5.75 Å². The number of carbonyl (C=O) groups excluding carboxylic acids is 1. The van der Waals surface area contributed by atoms with Crippen LogP contribution in [0.15, 0.2) is 28.7 Å². The second-order valence-electron chi connectivity index (χ2n) is 4.70. The summed E-state index contributed by atoms with van der Waals surface area (Å²) in [5.41, 5.74) is 1.67. The highest BCUT2D eigenvalue weighted by atomic mass is 79.9. The summed E-state index contributed by atoms with van der Waals surface area (Å²) in [5, 5.41) is 0. The maximum absolute atomic E-state index is 13.3. The Hall–Kier alpha value is -1.75. The summed E-state index contributed by atoms with van der Waals surface area (Å²) in [5.74, 6) is -1.65. The molecule has 0 spiro atoms. The molecule has 110 valence electrons. The SMILES string of the molecule is COc1c(C)cc(Br)c(C)c1C(=O)c1cc(F)cc(F)c1. The van der Waals surface area contributed by atoms with Crippen LogP contribution < -0.4 is 4.74 Å². The van der Waals surface area contributed by atoms with Crippen molar-refractivity contribution in [3.8, 4) is 5.75 Å². The maximum atomic E-state index is 13.3. The van der Waals surface area contributed by atoms with E-state index in [9.17, 15) is 13.6 Å². The van der Waals surface area contributed by atoms with Gasteiger partial charge in [0.05, 0.1) is 12.7 Å². The maximum Gasteiger partial charge on any atom is 0.197 e. The van der Waals surface area contributed by atoms with Crippen LogP contribution in [0.3, 0.4) is 0 Å². The second-order valence-corrected chi connectivity index (χ2v) is 5.55. The number of halogens is 3. The molecule has 0 saturated heterocycles. The molecule has 0 bridgehead atoms. The number of hydrogen-bond donors (Lipinski definition) is 0. The molecular formula is C16H13BrF2O2. The first-order valence-corrected chi connectivity index (χ1v) is 6.99. The molecule has 5 heteroatoms. The molecule has 0 radical (unpaired) electrons. The lowest BCUT2D eigenvalue weighted by molar-refractivity contribution is 0.103. The van der Waals surface area contributed by atoms with E-state index in [0.29, 0.717) is 16.9 Å². The van der Waals surface area contributed by atoms with Crippen LogP contribution in [0.25, 0.3) is 0 Å². The van der Waals surface area contributed by atoms with Gasteiger partial charge in [-0.15, -0.1) is 0 Å². The Labute approximate surface area is 129 Å². The van der Waals surface area contributed by atoms with Gasteiger partial charge in [-0.25, -0.2) is 8.78 Å². The van der Waals surface area contributed by atoms with Crippen molar-refractivity contribution in [2.75, 3.05) is 7.11 Å². The molecule has 2 nitrogen and oxygen atoms in total. The van der Waals surface area contributed by atoms with Crippen LogP contribution >= 0.6 is 15.9 Å². The predicted molar refractivity (Wildman–Crippen MR) is 80.0 cm³/mol. The summed E-state index contributed by atoms with van der Waals surface area (Å²) in [7, 11) is 1.46. The third-order valence-corrected chi connectivity index (χ3v) is 4.04. The van der Waals surface area contributed by atoms with Gasteiger partial charge in [0.25, 0.3) is 0 Å². The number of benzene rings is 2. The van der Waals surface area contributed by atoms with E-state index in [2.05, 4.69) is 15.9 Å². The van der Waals surface area contributed by atoms with Gasteiger partial charge in [-0.1, -0.05) is 15.9 Å². The largest absolute Gasteiger partial charge is 0.496 e. The Balaban J connectivity index is 2.68. The molecular weight excluding hydrogens is 342 g/mol. The van der Waals surface area contributed by atoms with Gasteiger partial charge in [0, 0.05) is 16.1 Å². The van der Waals surface area contributed by atoms with Crippen LogP contribution in [0, 0.1) is 25.5 Å². The van der Waals surface area contributed by atoms with E-state index >= 15 is 0 Å². The number of ketones is 1. The van der Waals surface area contributed by atoms with Gasteiger partial charge < -0.3 is 4.74 Å². The Morgan fingerprint density at radius 2 is 1.67 bits per heavy atom. The van der Waals surface area contributed by atoms with Crippen LogP contribution in [0.1, 0.15) is 27.0 Å². The smallest absolute Gasteiger partial charge is 0.197 e. The summed E-state index contributed by atoms with van der Waals surface area (Å²) in [6.45, 7) is 3.54. The highest BCUT2D eigenvalue weighted by Crippen LogP contribution is 2.34. The first-order chi connectivity index (χ1) is 9.85. The van der Waals surface area contributed by atoms with E-state index in [1.54, 1.807) is 13.8 Å². The average Bonchev–Trinajstić information content (AvgIpc) is 2.40. The van der Waals surface area contributed by atoms with Crippen molar-refractivity contribution in [3.63, 3.8) is 0 Å². The normalized spacial score (nSPS) is 10.6. The number of ether oxygens (including phenoxy) is 1. The van der Waals surface area contributed by atoms with Crippen molar-refractivity contribution in [2.45, 2.75) is 13.8 Å². The van der Waals surface area contributed by atoms with Gasteiger partial charge in [-0.3, -0.25) is 4.79 Å². The Morgan fingerprint density at radius 1 is 1.10 bits per heavy atom. The number of aryl methyl sites for hydroxylation is 1. The molecule has 0 atom stereocenters. The summed E-state index contributed by atoms with van der Waals surface area (Å²) in [4.78, 5) is 12.6. The Morgan fingerprint density at radius 3 is 2.19 bits per heavy atom. The number of rotatable bonds is 3. The molecule has 0 amide bonds. The zero-order valence-corrected chi connectivity index (χ0v) is 13.3. The predicted octanol–water partition coefficient (Wildman–Crippen LogP) is 4.58. The average molecular weight is 355 g/mol. The number of carbonyl (C=O) groups is 1. The number of methoxy groups -OCH3 is 1. The van der Waals surface area contributed by atoms with E-state index in [1.807, 2.05) is 6.07 Å². The quantitative estimate of drug-likeness (QED) is 0.754. The molecule has 2 aromatic carbocycles. The van der Waals surface area contributed by atoms with Gasteiger partial charge in [-0.05, 0) is 43.2 Å². The minimum Gasteiger partial charge on any atom is -0.496 e. The Kier molecular flexibility index (Phi) is 4.42. The third-order valence-electron chi connectivity index (χ3n) is 3.22. The highest BCUT2D eigenvalue weighted by molar-refractivity contribution is 9.10. The van der Waals surface area contributed by atoms with Gasteiger partial charge in [-0.2, -0.15) is 0 Å². The minimum absolute atomic E-state index is 0.0496. The zero-order valence-electron chi connectivity index (χ0n) is 11.8. The van der Waals surface area contributed by atoms with Crippen molar-refractivity contribution in [1.29, 1.82) is 0 Å². The lowest BCUT2D eigenvalue weighted by atomic mass is 9.95. The van der Waals surface area contributed by atoms with E-state index in [0.717, 1.165) is 28.2 Å². The van der Waals surface area contributed by atoms with Crippen molar-refractivity contribution in [3.05, 3.63) is 62.6 Å². The summed E-state index contributed by atoms with van der Waals surface area (Å²) >= 11 is 3.37. The van der Waals surface area contributed by atoms with Crippen LogP contribution in [0.4, 0.5) is 8.78 Å². The van der Waals surface area contributed by atoms with E-state index in [1.165, 1.54) is 7.11 Å². The van der Waals surface area contributed by atoms with E-state index < -0.39 is 17.4 Å². The molecule has 0 heterocycles. The molecule has 0 aromatic heterocycles. The fourth-order valence-electron chi connectivity index (χ4n) is 2.22. The van der Waals surface area contributed by atoms with Crippen molar-refractivity contribution < 1.29 is 18.3 Å². The van der Waals surface area contributed by atoms with Gasteiger partial charge in [0.1, 0.15) is 17.4 Å². The van der Waals surface area contributed by atoms with Gasteiger partial charge >= 0.3 is 0 Å². The molecule has 0 aliphatic heterocycles. The second kappa shape index (κ2) is 5.93. The fourth-order valence-corrected chi connectivity index (χ4v) is 2.76. The van der Waals surface area contributed by atoms with Crippen molar-refractivity contribution in [1.82, 2.24) is 0 Å². The van der Waals surface area contributed by atoms with Crippen LogP contribution in [-0.4, -0.2) is 12.9 Å². The molecule has 0 unspecified atom stereocenters. The molecule has 0 aliphatic rings. The van der Waals surface area contributed by atoms with Gasteiger partial charge in [0.2, 0.25) is 0 Å². The monoisotopic (exact) mass is 354 g/mol. The first kappa shape index (κ1) is 15.6. The first-order valence-electron chi connectivity index (χ1n) is 6.19. The zero-order chi connectivity index (χ0) is 15.7. The minimum atomic E-state index is -0.790. The standard InChI is InChI=1S/C16H13BrF2O2/c1-8-4-13(17)9(2)14(16(8)21-3)15(20)10-5-11(18)7-12(19)6-10/h4-7H,1-3H3. The van der Waals surface area contributed by atoms with Gasteiger partial charge in [0.15, 0.2) is 5.78 Å². The van der Waals surface area contributed by atoms with Crippen molar-refractivity contribution in [2.24, 2.45) is 0 Å². The van der Waals surface area contributed by atoms with Crippen molar-refractivity contribution >= 4 is 21.7 Å². The lowest BCUT2D eigenvalue weighted by Gasteiger charge is -2.15. The fraction of sp³-hybridized carbons (Fsp3) is 0.188. The summed E-state index contributed by atoms with van der Waals surface area (Å²) < 4.78 is 32.6. The molecule has 0 aliphatic carbocycles. The molecule has 2 rings (SSSR count). The molecule has 21 heavy (non-hydrogen) atoms. The van der Waals surface area contributed by atoms with Crippen LogP contribution in [-0.2, 0) is 0 Å².